The van der Waals surface area contributed by atoms with Crippen molar-refractivity contribution in [1.29, 1.82) is 0 Å². The largest absolute Gasteiger partial charge is 0.385 e. The highest BCUT2D eigenvalue weighted by Gasteiger charge is 2.12. The predicted molar refractivity (Wildman–Crippen MR) is 68.7 cm³/mol. The number of guanidine groups is 1. The lowest BCUT2D eigenvalue weighted by Crippen LogP contribution is -2.43. The van der Waals surface area contributed by atoms with Crippen LogP contribution in [0.15, 0.2) is 11.3 Å². The molecule has 1 unspecified atom stereocenters. The Bertz CT molecular complexity index is 376. The number of aliphatic imine (C=N–C) groups is 1. The molecular weight excluding hydrogens is 234 g/mol. The molecule has 102 valence electrons. The first kappa shape index (κ1) is 14.4. The van der Waals surface area contributed by atoms with Crippen LogP contribution in [0.1, 0.15) is 25.2 Å². The van der Waals surface area contributed by atoms with E-state index in [0.29, 0.717) is 19.1 Å². The highest BCUT2D eigenvalue weighted by Crippen LogP contribution is 2.06. The minimum Gasteiger partial charge on any atom is -0.385 e. The van der Waals surface area contributed by atoms with Gasteiger partial charge in [0.1, 0.15) is 6.33 Å². The number of aromatic nitrogens is 3. The number of ether oxygens (including phenoxy) is 1. The molecule has 18 heavy (non-hydrogen) atoms. The van der Waals surface area contributed by atoms with Crippen LogP contribution in [0.25, 0.3) is 0 Å². The fraction of sp³-hybridized carbons (Fsp3) is 0.700. The number of aryl methyl sites for hydroxylation is 1. The molecule has 0 radical (unpaired) electrons. The Hall–Kier alpha value is -1.67. The van der Waals surface area contributed by atoms with E-state index in [1.165, 1.54) is 0 Å². The molecule has 0 bridgehead atoms. The highest BCUT2D eigenvalue weighted by molar-refractivity contribution is 5.79. The van der Waals surface area contributed by atoms with E-state index in [0.717, 1.165) is 12.2 Å². The Labute approximate surface area is 107 Å². The quantitative estimate of drug-likeness (QED) is 0.205. The Morgan fingerprint density at radius 2 is 2.44 bits per heavy atom. The third-order valence-electron chi connectivity index (χ3n) is 2.40. The number of hydrazine groups is 1. The molecule has 1 heterocycles. The first-order valence-corrected chi connectivity index (χ1v) is 5.79. The number of hydrogen-bond donors (Lipinski definition) is 3. The molecule has 8 nitrogen and oxygen atoms in total. The Morgan fingerprint density at radius 1 is 1.67 bits per heavy atom. The van der Waals surface area contributed by atoms with Gasteiger partial charge in [-0.1, -0.05) is 0 Å². The summed E-state index contributed by atoms with van der Waals surface area (Å²) >= 11 is 0. The lowest BCUT2D eigenvalue weighted by Gasteiger charge is -2.15. The van der Waals surface area contributed by atoms with Crippen LogP contribution in [0.2, 0.25) is 0 Å². The maximum absolute atomic E-state index is 5.41. The molecule has 0 aliphatic heterocycles. The number of nitrogens with one attached hydrogen (secondary N) is 2. The van der Waals surface area contributed by atoms with E-state index in [-0.39, 0.29) is 6.04 Å². The van der Waals surface area contributed by atoms with Crippen LogP contribution >= 0.6 is 0 Å². The summed E-state index contributed by atoms with van der Waals surface area (Å²) in [6.45, 7) is 3.29. The zero-order chi connectivity index (χ0) is 13.4. The first-order chi connectivity index (χ1) is 8.69. The van der Waals surface area contributed by atoms with Gasteiger partial charge in [-0.3, -0.25) is 10.4 Å². The summed E-state index contributed by atoms with van der Waals surface area (Å²) < 4.78 is 6.79. The molecule has 0 aromatic carbocycles. The van der Waals surface area contributed by atoms with Crippen molar-refractivity contribution in [2.24, 2.45) is 17.9 Å². The molecule has 1 aromatic heterocycles. The molecule has 1 rings (SSSR count). The van der Waals surface area contributed by atoms with Gasteiger partial charge in [0.2, 0.25) is 5.96 Å². The minimum atomic E-state index is -0.0327. The molecule has 0 spiro atoms. The zero-order valence-electron chi connectivity index (χ0n) is 11.1. The lowest BCUT2D eigenvalue weighted by molar-refractivity contribution is 0.197. The van der Waals surface area contributed by atoms with E-state index >= 15 is 0 Å². The van der Waals surface area contributed by atoms with Gasteiger partial charge in [0.15, 0.2) is 5.82 Å². The van der Waals surface area contributed by atoms with Gasteiger partial charge >= 0.3 is 0 Å². The molecule has 8 heteroatoms. The summed E-state index contributed by atoms with van der Waals surface area (Å²) in [5.74, 6) is 6.75. The molecular formula is C10H21N7O. The molecule has 0 aliphatic carbocycles. The van der Waals surface area contributed by atoms with Gasteiger partial charge in [0.25, 0.3) is 0 Å². The summed E-state index contributed by atoms with van der Waals surface area (Å²) in [6, 6.07) is -0.0327. The van der Waals surface area contributed by atoms with Crippen molar-refractivity contribution in [1.82, 2.24) is 25.5 Å². The molecule has 1 atom stereocenters. The van der Waals surface area contributed by atoms with Crippen molar-refractivity contribution in [3.63, 3.8) is 0 Å². The molecule has 0 saturated heterocycles. The van der Waals surface area contributed by atoms with Gasteiger partial charge in [-0.25, -0.2) is 5.84 Å². The highest BCUT2D eigenvalue weighted by atomic mass is 16.5. The minimum absolute atomic E-state index is 0.0327. The fourth-order valence-corrected chi connectivity index (χ4v) is 1.49. The van der Waals surface area contributed by atoms with E-state index in [1.807, 2.05) is 18.5 Å². The van der Waals surface area contributed by atoms with Crippen LogP contribution in [-0.2, 0) is 11.8 Å². The van der Waals surface area contributed by atoms with Gasteiger partial charge in [-0.2, -0.15) is 0 Å². The summed E-state index contributed by atoms with van der Waals surface area (Å²) in [4.78, 5) is 4.29. The van der Waals surface area contributed by atoms with Crippen molar-refractivity contribution < 1.29 is 4.74 Å². The van der Waals surface area contributed by atoms with Crippen molar-refractivity contribution in [2.75, 3.05) is 20.3 Å². The van der Waals surface area contributed by atoms with Gasteiger partial charge in [-0.15, -0.1) is 10.2 Å². The maximum atomic E-state index is 5.41. The number of nitrogens with zero attached hydrogens (tertiary/aromatic N) is 4. The molecule has 4 N–H and O–H groups in total. The monoisotopic (exact) mass is 255 g/mol. The molecule has 0 aliphatic rings. The number of nitrogens with two attached hydrogens (primary N) is 1. The smallest absolute Gasteiger partial charge is 0.206 e. The average Bonchev–Trinajstić information content (AvgIpc) is 2.79. The normalized spacial score (nSPS) is 13.4. The van der Waals surface area contributed by atoms with Crippen LogP contribution in [0.3, 0.4) is 0 Å². The second-order valence-electron chi connectivity index (χ2n) is 3.89. The molecule has 0 fully saturated rings. The van der Waals surface area contributed by atoms with Crippen molar-refractivity contribution in [3.05, 3.63) is 12.2 Å². The maximum Gasteiger partial charge on any atom is 0.206 e. The average molecular weight is 255 g/mol. The number of methoxy groups -OCH3 is 1. The second kappa shape index (κ2) is 7.62. The Kier molecular flexibility index (Phi) is 6.09. The zero-order valence-corrected chi connectivity index (χ0v) is 11.1. The van der Waals surface area contributed by atoms with E-state index in [9.17, 15) is 0 Å². The van der Waals surface area contributed by atoms with Crippen LogP contribution in [0.5, 0.6) is 0 Å². The third-order valence-corrected chi connectivity index (χ3v) is 2.40. The van der Waals surface area contributed by atoms with Gasteiger partial charge in [-0.05, 0) is 13.3 Å². The van der Waals surface area contributed by atoms with Gasteiger partial charge in [0.05, 0.1) is 6.04 Å². The fourth-order valence-electron chi connectivity index (χ4n) is 1.49. The van der Waals surface area contributed by atoms with Crippen LogP contribution < -0.4 is 16.6 Å². The third kappa shape index (κ3) is 4.30. The summed E-state index contributed by atoms with van der Waals surface area (Å²) in [6.07, 6.45) is 2.50. The summed E-state index contributed by atoms with van der Waals surface area (Å²) in [7, 11) is 3.55. The summed E-state index contributed by atoms with van der Waals surface area (Å²) in [5, 5.41) is 11.0. The molecule has 0 amide bonds. The molecule has 1 aromatic rings. The predicted octanol–water partition coefficient (Wildman–Crippen LogP) is -0.678. The van der Waals surface area contributed by atoms with E-state index < -0.39 is 0 Å². The number of hydrogen-bond acceptors (Lipinski definition) is 5. The Balaban J connectivity index is 2.50. The summed E-state index contributed by atoms with van der Waals surface area (Å²) in [5.41, 5.74) is 2.53. The van der Waals surface area contributed by atoms with Crippen LogP contribution in [0.4, 0.5) is 0 Å². The Morgan fingerprint density at radius 3 is 3.00 bits per heavy atom. The SMILES string of the molecule is COCCCN=C(NN)NC(C)c1nncn1C. The first-order valence-electron chi connectivity index (χ1n) is 5.79. The van der Waals surface area contributed by atoms with Crippen molar-refractivity contribution in [3.8, 4) is 0 Å². The number of rotatable bonds is 6. The van der Waals surface area contributed by atoms with Crippen LogP contribution in [0, 0.1) is 0 Å². The van der Waals surface area contributed by atoms with Crippen LogP contribution in [-0.4, -0.2) is 41.0 Å². The standard InChI is InChI=1S/C10H21N7O/c1-8(9-16-13-7-17(9)2)14-10(15-11)12-5-4-6-18-3/h7-8H,4-6,11H2,1-3H3,(H2,12,14,15). The van der Waals surface area contributed by atoms with E-state index in [1.54, 1.807) is 13.4 Å². The van der Waals surface area contributed by atoms with Crippen molar-refractivity contribution >= 4 is 5.96 Å². The van der Waals surface area contributed by atoms with E-state index in [4.69, 9.17) is 10.6 Å². The van der Waals surface area contributed by atoms with Gasteiger partial charge < -0.3 is 14.6 Å². The second-order valence-corrected chi connectivity index (χ2v) is 3.89. The van der Waals surface area contributed by atoms with Gasteiger partial charge in [0, 0.05) is 27.3 Å². The van der Waals surface area contributed by atoms with Crippen molar-refractivity contribution in [2.45, 2.75) is 19.4 Å². The topological polar surface area (TPSA) is 102 Å². The lowest BCUT2D eigenvalue weighted by atomic mass is 10.3. The molecule has 0 saturated carbocycles. The van der Waals surface area contributed by atoms with E-state index in [2.05, 4.69) is 25.9 Å².